The second-order valence-corrected chi connectivity index (χ2v) is 9.33. The zero-order valence-corrected chi connectivity index (χ0v) is 23.2. The standard InChI is InChI=1S/C27H32NO9P/c1-6-35-26(30)18(4)28(38-32)37-22-10-8-7-9-19(22)14-34-13-16(2)11-12-20-24(29)23-21(15-36-27(23)31)17(3)25(20)33-5/h7-11,18,29H,6,12-15H2,1-5H3/p+1. The van der Waals surface area contributed by atoms with Crippen molar-refractivity contribution >= 4 is 20.5 Å². The molecule has 1 aliphatic rings. The topological polar surface area (TPSA) is 121 Å². The highest BCUT2D eigenvalue weighted by Gasteiger charge is 2.32. The van der Waals surface area contributed by atoms with Crippen LogP contribution < -0.4 is 9.57 Å². The molecule has 1 N–H and O–H groups in total. The van der Waals surface area contributed by atoms with Gasteiger partial charge in [0.05, 0.1) is 31.8 Å². The van der Waals surface area contributed by atoms with Gasteiger partial charge in [0, 0.05) is 16.7 Å². The fourth-order valence-corrected chi connectivity index (χ4v) is 4.44. The number of aromatic hydroxyl groups is 1. The second kappa shape index (κ2) is 13.4. The molecule has 0 radical (unpaired) electrons. The van der Waals surface area contributed by atoms with Crippen LogP contribution in [-0.2, 0) is 43.2 Å². The summed E-state index contributed by atoms with van der Waals surface area (Å²) in [4.78, 5) is 30.9. The molecule has 0 amide bonds. The van der Waals surface area contributed by atoms with Gasteiger partial charge in [0.1, 0.15) is 23.7 Å². The Kier molecular flexibility index (Phi) is 10.2. The molecule has 11 heteroatoms. The van der Waals surface area contributed by atoms with Crippen LogP contribution in [0.3, 0.4) is 0 Å². The number of rotatable bonds is 13. The van der Waals surface area contributed by atoms with E-state index in [9.17, 15) is 19.3 Å². The van der Waals surface area contributed by atoms with Crippen LogP contribution in [-0.4, -0.2) is 48.2 Å². The first-order valence-corrected chi connectivity index (χ1v) is 13.0. The molecule has 0 fully saturated rings. The van der Waals surface area contributed by atoms with E-state index in [2.05, 4.69) is 0 Å². The van der Waals surface area contributed by atoms with Crippen LogP contribution in [0.15, 0.2) is 35.9 Å². The fourth-order valence-electron chi connectivity index (χ4n) is 4.04. The van der Waals surface area contributed by atoms with E-state index in [-0.39, 0.29) is 37.7 Å². The minimum absolute atomic E-state index is 0.118. The molecule has 10 nitrogen and oxygen atoms in total. The maximum Gasteiger partial charge on any atom is 0.457 e. The molecule has 0 saturated carbocycles. The van der Waals surface area contributed by atoms with Crippen LogP contribution in [0.1, 0.15) is 53.4 Å². The molecule has 0 saturated heterocycles. The molecular weight excluding hydrogens is 513 g/mol. The van der Waals surface area contributed by atoms with Gasteiger partial charge in [-0.25, -0.2) is 4.79 Å². The molecule has 1 heterocycles. The summed E-state index contributed by atoms with van der Waals surface area (Å²) in [6.45, 7) is 7.78. The molecule has 0 aromatic heterocycles. The van der Waals surface area contributed by atoms with Crippen molar-refractivity contribution in [3.63, 3.8) is 0 Å². The lowest BCUT2D eigenvalue weighted by Gasteiger charge is -2.17. The Morgan fingerprint density at radius 3 is 2.74 bits per heavy atom. The number of fused-ring (bicyclic) bond motifs is 1. The Bertz CT molecular complexity index is 1230. The number of cyclic esters (lactones) is 1. The highest BCUT2D eigenvalue weighted by Crippen LogP contribution is 2.42. The third-order valence-corrected chi connectivity index (χ3v) is 6.79. The number of carbonyl (C=O) groups excluding carboxylic acids is 2. The SMILES string of the molecule is CCOC(=O)C(C)N(Oc1ccccc1COCC(C)=CCc1c(O)c2c(c(C)c1OC)COC2=O)[PH+]=O. The average Bonchev–Trinajstić information content (AvgIpc) is 3.30. The van der Waals surface area contributed by atoms with Crippen LogP contribution in [0.4, 0.5) is 0 Å². The molecule has 0 aliphatic carbocycles. The smallest absolute Gasteiger partial charge is 0.457 e. The van der Waals surface area contributed by atoms with Gasteiger partial charge < -0.3 is 28.9 Å². The number of hydroxylamine groups is 1. The van der Waals surface area contributed by atoms with Gasteiger partial charge in [0.2, 0.25) is 0 Å². The van der Waals surface area contributed by atoms with Crippen LogP contribution in [0.25, 0.3) is 0 Å². The van der Waals surface area contributed by atoms with Crippen LogP contribution in [0.2, 0.25) is 0 Å². The maximum atomic E-state index is 12.1. The van der Waals surface area contributed by atoms with E-state index in [0.29, 0.717) is 34.6 Å². The summed E-state index contributed by atoms with van der Waals surface area (Å²) in [5, 5.41) is 10.8. The Labute approximate surface area is 223 Å². The molecule has 38 heavy (non-hydrogen) atoms. The molecular formula is C27H33NO9P+. The normalized spacial score (nSPS) is 13.8. The first-order valence-electron chi connectivity index (χ1n) is 12.1. The molecule has 1 aliphatic heterocycles. The summed E-state index contributed by atoms with van der Waals surface area (Å²) in [5.41, 5.74) is 3.71. The van der Waals surface area contributed by atoms with Crippen molar-refractivity contribution in [1.82, 2.24) is 4.83 Å². The highest BCUT2D eigenvalue weighted by atomic mass is 31.1. The van der Waals surface area contributed by atoms with E-state index in [1.165, 1.54) is 7.11 Å². The molecule has 2 unspecified atom stereocenters. The van der Waals surface area contributed by atoms with Gasteiger partial charge in [-0.05, 0) is 50.3 Å². The lowest BCUT2D eigenvalue weighted by molar-refractivity contribution is -0.153. The number of benzene rings is 2. The van der Waals surface area contributed by atoms with E-state index in [1.807, 2.05) is 32.1 Å². The van der Waals surface area contributed by atoms with E-state index in [4.69, 9.17) is 23.8 Å². The number of esters is 2. The highest BCUT2D eigenvalue weighted by molar-refractivity contribution is 7.20. The number of allylic oxidation sites excluding steroid dienone is 1. The molecule has 0 bridgehead atoms. The summed E-state index contributed by atoms with van der Waals surface area (Å²) >= 11 is 0. The monoisotopic (exact) mass is 546 g/mol. The quantitative estimate of drug-likeness (QED) is 0.166. The minimum Gasteiger partial charge on any atom is -0.507 e. The summed E-state index contributed by atoms with van der Waals surface area (Å²) in [6, 6.07) is 6.23. The number of para-hydroxylation sites is 1. The zero-order valence-electron chi connectivity index (χ0n) is 22.2. The van der Waals surface area contributed by atoms with Crippen molar-refractivity contribution in [3.8, 4) is 17.2 Å². The van der Waals surface area contributed by atoms with Gasteiger partial charge in [0.25, 0.3) is 0 Å². The lowest BCUT2D eigenvalue weighted by atomic mass is 9.95. The number of ether oxygens (including phenoxy) is 4. The molecule has 2 aromatic rings. The second-order valence-electron chi connectivity index (χ2n) is 8.71. The van der Waals surface area contributed by atoms with Gasteiger partial charge in [-0.15, -0.1) is 0 Å². The van der Waals surface area contributed by atoms with E-state index in [0.717, 1.165) is 16.0 Å². The van der Waals surface area contributed by atoms with Crippen molar-refractivity contribution in [1.29, 1.82) is 0 Å². The Hall–Kier alpha value is -3.46. The number of hydrogen-bond donors (Lipinski definition) is 1. The van der Waals surface area contributed by atoms with Gasteiger partial charge >= 0.3 is 20.5 Å². The van der Waals surface area contributed by atoms with Crippen molar-refractivity contribution in [2.75, 3.05) is 20.3 Å². The molecule has 0 spiro atoms. The third-order valence-electron chi connectivity index (χ3n) is 6.13. The number of nitrogens with zero attached hydrogens (tertiary/aromatic N) is 1. The Morgan fingerprint density at radius 2 is 2.05 bits per heavy atom. The number of phenolic OH excluding ortho intramolecular Hbond substituents is 1. The van der Waals surface area contributed by atoms with E-state index >= 15 is 0 Å². The summed E-state index contributed by atoms with van der Waals surface area (Å²) in [5.74, 6) is -0.271. The van der Waals surface area contributed by atoms with Gasteiger partial charge in [-0.3, -0.25) is 4.79 Å². The number of hydrogen-bond acceptors (Lipinski definition) is 9. The number of carbonyl (C=O) groups is 2. The van der Waals surface area contributed by atoms with Crippen molar-refractivity contribution in [2.24, 2.45) is 0 Å². The first kappa shape index (κ1) is 29.1. The lowest BCUT2D eigenvalue weighted by Crippen LogP contribution is -2.36. The summed E-state index contributed by atoms with van der Waals surface area (Å²) in [7, 11) is 0.505. The Balaban J connectivity index is 1.66. The number of phenols is 1. The Morgan fingerprint density at radius 1 is 1.32 bits per heavy atom. The average molecular weight is 547 g/mol. The maximum absolute atomic E-state index is 12.1. The summed E-state index contributed by atoms with van der Waals surface area (Å²) in [6.07, 6.45) is 2.23. The zero-order chi connectivity index (χ0) is 27.8. The molecule has 2 atom stereocenters. The van der Waals surface area contributed by atoms with Crippen LogP contribution in [0, 0.1) is 6.92 Å². The molecule has 2 aromatic carbocycles. The largest absolute Gasteiger partial charge is 0.507 e. The van der Waals surface area contributed by atoms with Gasteiger partial charge in [0.15, 0.2) is 11.8 Å². The van der Waals surface area contributed by atoms with Crippen LogP contribution in [0.5, 0.6) is 17.2 Å². The van der Waals surface area contributed by atoms with Crippen LogP contribution >= 0.6 is 8.61 Å². The third kappa shape index (κ3) is 6.51. The van der Waals surface area contributed by atoms with Crippen molar-refractivity contribution in [2.45, 2.75) is 53.4 Å². The molecule has 204 valence electrons. The van der Waals surface area contributed by atoms with Crippen molar-refractivity contribution in [3.05, 3.63) is 63.7 Å². The minimum atomic E-state index is -1.02. The fraction of sp³-hybridized carbons (Fsp3) is 0.407. The van der Waals surface area contributed by atoms with E-state index in [1.54, 1.807) is 26.0 Å². The van der Waals surface area contributed by atoms with Crippen molar-refractivity contribution < 1.29 is 43.0 Å². The van der Waals surface area contributed by atoms with E-state index < -0.39 is 26.6 Å². The first-order chi connectivity index (χ1) is 18.2. The predicted octanol–water partition coefficient (Wildman–Crippen LogP) is 4.57. The number of methoxy groups -OCH3 is 1. The summed E-state index contributed by atoms with van der Waals surface area (Å²) < 4.78 is 33.2. The van der Waals surface area contributed by atoms with Gasteiger partial charge in [-0.2, -0.15) is 0 Å². The van der Waals surface area contributed by atoms with Gasteiger partial charge in [-0.1, -0.05) is 29.8 Å². The predicted molar refractivity (Wildman–Crippen MR) is 140 cm³/mol. The molecule has 3 rings (SSSR count).